The monoisotopic (exact) mass is 243 g/mol. The van der Waals surface area contributed by atoms with E-state index in [4.69, 9.17) is 0 Å². The van der Waals surface area contributed by atoms with Crippen LogP contribution in [-0.2, 0) is 0 Å². The number of hydrogen-bond donors (Lipinski definition) is 2. The summed E-state index contributed by atoms with van der Waals surface area (Å²) in [5.74, 6) is 0.927. The summed E-state index contributed by atoms with van der Waals surface area (Å²) in [5.41, 5.74) is 1.01. The van der Waals surface area contributed by atoms with Gasteiger partial charge in [0.25, 0.3) is 0 Å². The Hall–Kier alpha value is -0.610. The molecule has 0 saturated heterocycles. The first kappa shape index (κ1) is 10.5. The second-order valence-electron chi connectivity index (χ2n) is 2.79. The van der Waals surface area contributed by atoms with Crippen LogP contribution in [0.25, 0.3) is 0 Å². The third-order valence-electron chi connectivity index (χ3n) is 1.70. The van der Waals surface area contributed by atoms with Crippen molar-refractivity contribution in [3.63, 3.8) is 0 Å². The summed E-state index contributed by atoms with van der Waals surface area (Å²) in [6.07, 6.45) is 0. The largest absolute Gasteiger partial charge is 0.369 e. The number of nitrogens with zero attached hydrogens (tertiary/aromatic N) is 1. The van der Waals surface area contributed by atoms with Gasteiger partial charge in [0.1, 0.15) is 5.82 Å². The highest BCUT2D eigenvalue weighted by Crippen LogP contribution is 2.15. The first-order valence-corrected chi connectivity index (χ1v) is 5.05. The summed E-state index contributed by atoms with van der Waals surface area (Å²) in [6, 6.07) is 3.97. The zero-order chi connectivity index (χ0) is 9.68. The van der Waals surface area contributed by atoms with Gasteiger partial charge in [-0.1, -0.05) is 0 Å². The summed E-state index contributed by atoms with van der Waals surface area (Å²) < 4.78 is 1.05. The van der Waals surface area contributed by atoms with Crippen molar-refractivity contribution in [3.8, 4) is 0 Å². The maximum Gasteiger partial charge on any atom is 0.126 e. The SMILES string of the molecule is CNCCNc1ccc(Br)c(C)n1. The number of halogens is 1. The Balaban J connectivity index is 2.53. The van der Waals surface area contributed by atoms with Crippen molar-refractivity contribution in [2.24, 2.45) is 0 Å². The van der Waals surface area contributed by atoms with Gasteiger partial charge in [0.15, 0.2) is 0 Å². The fourth-order valence-electron chi connectivity index (χ4n) is 0.958. The van der Waals surface area contributed by atoms with Crippen LogP contribution in [0.15, 0.2) is 16.6 Å². The lowest BCUT2D eigenvalue weighted by Crippen LogP contribution is -2.18. The highest BCUT2D eigenvalue weighted by Gasteiger charge is 1.97. The molecule has 0 fully saturated rings. The lowest BCUT2D eigenvalue weighted by Gasteiger charge is -2.06. The number of aryl methyl sites for hydroxylation is 1. The van der Waals surface area contributed by atoms with Gasteiger partial charge in [-0.15, -0.1) is 0 Å². The van der Waals surface area contributed by atoms with Gasteiger partial charge in [0, 0.05) is 17.6 Å². The number of rotatable bonds is 4. The smallest absolute Gasteiger partial charge is 0.126 e. The molecule has 0 aliphatic heterocycles. The first-order valence-electron chi connectivity index (χ1n) is 4.25. The predicted octanol–water partition coefficient (Wildman–Crippen LogP) is 1.78. The molecule has 2 N–H and O–H groups in total. The molecular formula is C9H14BrN3. The molecule has 0 atom stereocenters. The molecule has 1 heterocycles. The van der Waals surface area contributed by atoms with Crippen molar-refractivity contribution in [3.05, 3.63) is 22.3 Å². The van der Waals surface area contributed by atoms with E-state index < -0.39 is 0 Å². The van der Waals surface area contributed by atoms with Crippen molar-refractivity contribution < 1.29 is 0 Å². The number of likely N-dealkylation sites (N-methyl/N-ethyl adjacent to an activating group) is 1. The topological polar surface area (TPSA) is 37.0 Å². The zero-order valence-corrected chi connectivity index (χ0v) is 9.48. The number of hydrogen-bond acceptors (Lipinski definition) is 3. The molecule has 0 amide bonds. The van der Waals surface area contributed by atoms with E-state index in [0.29, 0.717) is 0 Å². The van der Waals surface area contributed by atoms with Crippen molar-refractivity contribution in [1.82, 2.24) is 10.3 Å². The van der Waals surface area contributed by atoms with E-state index in [1.807, 2.05) is 26.1 Å². The van der Waals surface area contributed by atoms with Crippen molar-refractivity contribution in [2.45, 2.75) is 6.92 Å². The molecule has 4 heteroatoms. The summed E-state index contributed by atoms with van der Waals surface area (Å²) >= 11 is 3.41. The number of aromatic nitrogens is 1. The Labute approximate surface area is 87.1 Å². The zero-order valence-electron chi connectivity index (χ0n) is 7.89. The average Bonchev–Trinajstić information content (AvgIpc) is 2.12. The van der Waals surface area contributed by atoms with Gasteiger partial charge in [0.05, 0.1) is 5.69 Å². The summed E-state index contributed by atoms with van der Waals surface area (Å²) in [6.45, 7) is 3.81. The van der Waals surface area contributed by atoms with E-state index in [-0.39, 0.29) is 0 Å². The molecule has 0 saturated carbocycles. The fourth-order valence-corrected chi connectivity index (χ4v) is 1.18. The summed E-state index contributed by atoms with van der Waals surface area (Å²) in [5, 5.41) is 6.28. The molecule has 72 valence electrons. The van der Waals surface area contributed by atoms with Crippen LogP contribution >= 0.6 is 15.9 Å². The van der Waals surface area contributed by atoms with Crippen molar-refractivity contribution in [2.75, 3.05) is 25.5 Å². The molecule has 0 aliphatic rings. The van der Waals surface area contributed by atoms with Crippen LogP contribution in [0, 0.1) is 6.92 Å². The highest BCUT2D eigenvalue weighted by atomic mass is 79.9. The molecule has 0 radical (unpaired) electrons. The first-order chi connectivity index (χ1) is 6.24. The molecule has 1 rings (SSSR count). The van der Waals surface area contributed by atoms with Crippen LogP contribution < -0.4 is 10.6 Å². The molecule has 0 bridgehead atoms. The van der Waals surface area contributed by atoms with Crippen LogP contribution in [0.4, 0.5) is 5.82 Å². The van der Waals surface area contributed by atoms with Crippen molar-refractivity contribution >= 4 is 21.7 Å². The van der Waals surface area contributed by atoms with Gasteiger partial charge in [-0.2, -0.15) is 0 Å². The van der Waals surface area contributed by atoms with Gasteiger partial charge < -0.3 is 10.6 Å². The lowest BCUT2D eigenvalue weighted by atomic mass is 10.4. The quantitative estimate of drug-likeness (QED) is 0.793. The summed E-state index contributed by atoms with van der Waals surface area (Å²) in [4.78, 5) is 4.36. The van der Waals surface area contributed by atoms with Gasteiger partial charge in [0.2, 0.25) is 0 Å². The second kappa shape index (κ2) is 5.19. The Kier molecular flexibility index (Phi) is 4.18. The van der Waals surface area contributed by atoms with Gasteiger partial charge in [-0.3, -0.25) is 0 Å². The minimum atomic E-state index is 0.893. The Morgan fingerprint density at radius 1 is 1.38 bits per heavy atom. The van der Waals surface area contributed by atoms with Gasteiger partial charge in [-0.25, -0.2) is 4.98 Å². The van der Waals surface area contributed by atoms with Crippen LogP contribution in [0.1, 0.15) is 5.69 Å². The third-order valence-corrected chi connectivity index (χ3v) is 2.54. The predicted molar refractivity (Wildman–Crippen MR) is 59.1 cm³/mol. The standard InChI is InChI=1S/C9H14BrN3/c1-7-8(10)3-4-9(13-7)12-6-5-11-2/h3-4,11H,5-6H2,1-2H3,(H,12,13). The van der Waals surface area contributed by atoms with E-state index in [9.17, 15) is 0 Å². The minimum Gasteiger partial charge on any atom is -0.369 e. The minimum absolute atomic E-state index is 0.893. The third kappa shape index (κ3) is 3.32. The molecule has 1 aromatic heterocycles. The molecular weight excluding hydrogens is 230 g/mol. The maximum absolute atomic E-state index is 4.36. The molecule has 1 aromatic rings. The van der Waals surface area contributed by atoms with Gasteiger partial charge >= 0.3 is 0 Å². The molecule has 0 spiro atoms. The van der Waals surface area contributed by atoms with Crippen molar-refractivity contribution in [1.29, 1.82) is 0 Å². The van der Waals surface area contributed by atoms with Crippen LogP contribution in [-0.4, -0.2) is 25.1 Å². The van der Waals surface area contributed by atoms with E-state index in [2.05, 4.69) is 31.5 Å². The van der Waals surface area contributed by atoms with E-state index in [0.717, 1.165) is 29.1 Å². The lowest BCUT2D eigenvalue weighted by molar-refractivity contribution is 0.821. The average molecular weight is 244 g/mol. The Morgan fingerprint density at radius 3 is 2.77 bits per heavy atom. The van der Waals surface area contributed by atoms with Crippen LogP contribution in [0.5, 0.6) is 0 Å². The van der Waals surface area contributed by atoms with Crippen LogP contribution in [0.2, 0.25) is 0 Å². The number of anilines is 1. The molecule has 0 aromatic carbocycles. The summed E-state index contributed by atoms with van der Waals surface area (Å²) in [7, 11) is 1.93. The Bertz CT molecular complexity index is 276. The molecule has 0 unspecified atom stereocenters. The molecule has 3 nitrogen and oxygen atoms in total. The number of nitrogens with one attached hydrogen (secondary N) is 2. The van der Waals surface area contributed by atoms with Crippen LogP contribution in [0.3, 0.4) is 0 Å². The van der Waals surface area contributed by atoms with E-state index >= 15 is 0 Å². The van der Waals surface area contributed by atoms with E-state index in [1.165, 1.54) is 0 Å². The maximum atomic E-state index is 4.36. The molecule has 0 aliphatic carbocycles. The number of pyridine rings is 1. The normalized spacial score (nSPS) is 10.1. The molecule has 13 heavy (non-hydrogen) atoms. The highest BCUT2D eigenvalue weighted by molar-refractivity contribution is 9.10. The van der Waals surface area contributed by atoms with E-state index in [1.54, 1.807) is 0 Å². The fraction of sp³-hybridized carbons (Fsp3) is 0.444. The Morgan fingerprint density at radius 2 is 2.15 bits per heavy atom. The van der Waals surface area contributed by atoms with Gasteiger partial charge in [-0.05, 0) is 42.0 Å². The second-order valence-corrected chi connectivity index (χ2v) is 3.65.